The van der Waals surface area contributed by atoms with Crippen LogP contribution >= 0.6 is 0 Å². The normalized spacial score (nSPS) is 11.4. The second kappa shape index (κ2) is 7.72. The lowest BCUT2D eigenvalue weighted by molar-refractivity contribution is 0.475. The van der Waals surface area contributed by atoms with Crippen LogP contribution in [0, 0.1) is 6.92 Å². The predicted molar refractivity (Wildman–Crippen MR) is 121 cm³/mol. The van der Waals surface area contributed by atoms with Crippen LogP contribution in [0.2, 0.25) is 0 Å². The fourth-order valence-electron chi connectivity index (χ4n) is 3.49. The molecule has 0 spiro atoms. The summed E-state index contributed by atoms with van der Waals surface area (Å²) in [7, 11) is -3.34. The summed E-state index contributed by atoms with van der Waals surface area (Å²) in [5.41, 5.74) is 3.47. The number of sulfonamides is 1. The maximum atomic E-state index is 11.4. The van der Waals surface area contributed by atoms with Crippen molar-refractivity contribution < 1.29 is 18.3 Å². The number of hydrogen-bond donors (Lipinski definition) is 2. The zero-order chi connectivity index (χ0) is 21.3. The Bertz CT molecular complexity index is 1320. The summed E-state index contributed by atoms with van der Waals surface area (Å²) in [6.45, 7) is 2.01. The number of aryl methyl sites for hydroxylation is 1. The largest absolute Gasteiger partial charge is 0.508 e. The van der Waals surface area contributed by atoms with Crippen molar-refractivity contribution in [3.05, 3.63) is 84.4 Å². The van der Waals surface area contributed by atoms with E-state index in [1.807, 2.05) is 49.4 Å². The molecule has 0 aliphatic heterocycles. The summed E-state index contributed by atoms with van der Waals surface area (Å²) in [5, 5.41) is 11.7. The van der Waals surface area contributed by atoms with E-state index < -0.39 is 10.0 Å². The Labute approximate surface area is 175 Å². The van der Waals surface area contributed by atoms with Crippen molar-refractivity contribution in [3.8, 4) is 28.4 Å². The zero-order valence-corrected chi connectivity index (χ0v) is 17.4. The molecular formula is C24H21NO4S. The molecule has 0 amide bonds. The van der Waals surface area contributed by atoms with Gasteiger partial charge < -0.3 is 9.84 Å². The van der Waals surface area contributed by atoms with Gasteiger partial charge in [0.1, 0.15) is 17.2 Å². The van der Waals surface area contributed by atoms with E-state index in [0.717, 1.165) is 33.7 Å². The van der Waals surface area contributed by atoms with E-state index in [-0.39, 0.29) is 5.75 Å². The van der Waals surface area contributed by atoms with Crippen molar-refractivity contribution in [2.45, 2.75) is 6.92 Å². The van der Waals surface area contributed by atoms with Gasteiger partial charge in [-0.15, -0.1) is 0 Å². The smallest absolute Gasteiger partial charge is 0.229 e. The third kappa shape index (κ3) is 4.23. The first-order valence-electron chi connectivity index (χ1n) is 9.37. The maximum Gasteiger partial charge on any atom is 0.229 e. The molecule has 152 valence electrons. The topological polar surface area (TPSA) is 75.6 Å². The molecule has 0 bridgehead atoms. The number of benzene rings is 4. The Kier molecular flexibility index (Phi) is 5.10. The van der Waals surface area contributed by atoms with Gasteiger partial charge in [-0.3, -0.25) is 4.72 Å². The van der Waals surface area contributed by atoms with E-state index >= 15 is 0 Å². The van der Waals surface area contributed by atoms with Crippen molar-refractivity contribution in [2.75, 3.05) is 11.0 Å². The van der Waals surface area contributed by atoms with Crippen molar-refractivity contribution in [1.82, 2.24) is 0 Å². The van der Waals surface area contributed by atoms with Crippen molar-refractivity contribution in [1.29, 1.82) is 0 Å². The molecule has 0 saturated heterocycles. The van der Waals surface area contributed by atoms with Gasteiger partial charge in [-0.2, -0.15) is 0 Å². The van der Waals surface area contributed by atoms with Crippen molar-refractivity contribution in [2.24, 2.45) is 0 Å². The van der Waals surface area contributed by atoms with Gasteiger partial charge in [0.25, 0.3) is 0 Å². The molecule has 0 heterocycles. The average Bonchev–Trinajstić information content (AvgIpc) is 2.68. The third-order valence-electron chi connectivity index (χ3n) is 4.71. The standard InChI is InChI=1S/C24H21NO4S/c1-16-14-18-15-20(26)10-13-22(18)24(23(16)17-6-4-3-5-7-17)29-21-11-8-19(9-12-21)25-30(2,27)28/h3-15,25-26H,1-2H3. The number of phenols is 1. The summed E-state index contributed by atoms with van der Waals surface area (Å²) in [6, 6.07) is 23.9. The average molecular weight is 420 g/mol. The van der Waals surface area contributed by atoms with E-state index in [0.29, 0.717) is 17.2 Å². The molecule has 4 aromatic carbocycles. The van der Waals surface area contributed by atoms with Crippen LogP contribution in [0.25, 0.3) is 21.9 Å². The minimum atomic E-state index is -3.34. The summed E-state index contributed by atoms with van der Waals surface area (Å²) < 4.78 is 31.6. The van der Waals surface area contributed by atoms with Crippen LogP contribution in [-0.4, -0.2) is 19.8 Å². The Morgan fingerprint density at radius 3 is 2.27 bits per heavy atom. The molecule has 2 N–H and O–H groups in total. The lowest BCUT2D eigenvalue weighted by Crippen LogP contribution is -2.09. The van der Waals surface area contributed by atoms with Crippen LogP contribution < -0.4 is 9.46 Å². The van der Waals surface area contributed by atoms with E-state index in [9.17, 15) is 13.5 Å². The number of fused-ring (bicyclic) bond motifs is 1. The van der Waals surface area contributed by atoms with Gasteiger partial charge in [0.15, 0.2) is 0 Å². The number of anilines is 1. The van der Waals surface area contributed by atoms with Crippen LogP contribution in [0.15, 0.2) is 78.9 Å². The first-order chi connectivity index (χ1) is 14.3. The van der Waals surface area contributed by atoms with Gasteiger partial charge in [0.2, 0.25) is 10.0 Å². The molecule has 0 radical (unpaired) electrons. The lowest BCUT2D eigenvalue weighted by atomic mass is 9.94. The highest BCUT2D eigenvalue weighted by Crippen LogP contribution is 2.42. The highest BCUT2D eigenvalue weighted by atomic mass is 32.2. The molecule has 0 aromatic heterocycles. The molecule has 0 saturated carbocycles. The molecule has 0 fully saturated rings. The third-order valence-corrected chi connectivity index (χ3v) is 5.32. The molecule has 6 heteroatoms. The summed E-state index contributed by atoms with van der Waals surface area (Å²) in [6.07, 6.45) is 1.11. The number of nitrogens with one attached hydrogen (secondary N) is 1. The van der Waals surface area contributed by atoms with Crippen LogP contribution in [0.4, 0.5) is 5.69 Å². The maximum absolute atomic E-state index is 11.4. The molecule has 4 rings (SSSR count). The predicted octanol–water partition coefficient (Wildman–Crippen LogP) is 5.68. The summed E-state index contributed by atoms with van der Waals surface area (Å²) >= 11 is 0. The van der Waals surface area contributed by atoms with E-state index in [4.69, 9.17) is 4.74 Å². The molecule has 0 atom stereocenters. The molecule has 30 heavy (non-hydrogen) atoms. The van der Waals surface area contributed by atoms with Crippen LogP contribution in [-0.2, 0) is 10.0 Å². The van der Waals surface area contributed by atoms with Crippen LogP contribution in [0.3, 0.4) is 0 Å². The number of aromatic hydroxyl groups is 1. The highest BCUT2D eigenvalue weighted by Gasteiger charge is 2.16. The van der Waals surface area contributed by atoms with E-state index in [1.165, 1.54) is 0 Å². The van der Waals surface area contributed by atoms with Crippen LogP contribution in [0.1, 0.15) is 5.56 Å². The summed E-state index contributed by atoms with van der Waals surface area (Å²) in [4.78, 5) is 0. The highest BCUT2D eigenvalue weighted by molar-refractivity contribution is 7.92. The first kappa shape index (κ1) is 19.8. The minimum absolute atomic E-state index is 0.191. The Morgan fingerprint density at radius 1 is 0.900 bits per heavy atom. The van der Waals surface area contributed by atoms with Gasteiger partial charge in [0.05, 0.1) is 6.26 Å². The summed E-state index contributed by atoms with van der Waals surface area (Å²) in [5.74, 6) is 1.45. The molecular weight excluding hydrogens is 398 g/mol. The fourth-order valence-corrected chi connectivity index (χ4v) is 4.05. The Morgan fingerprint density at radius 2 is 1.60 bits per heavy atom. The van der Waals surface area contributed by atoms with Gasteiger partial charge in [-0.25, -0.2) is 8.42 Å². The second-order valence-corrected chi connectivity index (χ2v) is 8.92. The SMILES string of the molecule is Cc1cc2cc(O)ccc2c(Oc2ccc(NS(C)(=O)=O)cc2)c1-c1ccccc1. The Balaban J connectivity index is 1.84. The van der Waals surface area contributed by atoms with Gasteiger partial charge in [0, 0.05) is 16.6 Å². The molecule has 4 aromatic rings. The zero-order valence-electron chi connectivity index (χ0n) is 16.6. The minimum Gasteiger partial charge on any atom is -0.508 e. The van der Waals surface area contributed by atoms with Crippen LogP contribution in [0.5, 0.6) is 17.2 Å². The molecule has 0 unspecified atom stereocenters. The quantitative estimate of drug-likeness (QED) is 0.436. The Hall–Kier alpha value is -3.51. The number of phenolic OH excluding ortho intramolecular Hbond substituents is 1. The van der Waals surface area contributed by atoms with Gasteiger partial charge in [-0.1, -0.05) is 36.4 Å². The molecule has 0 aliphatic rings. The molecule has 5 nitrogen and oxygen atoms in total. The van der Waals surface area contributed by atoms with E-state index in [1.54, 1.807) is 36.4 Å². The lowest BCUT2D eigenvalue weighted by Gasteiger charge is -2.18. The second-order valence-electron chi connectivity index (χ2n) is 7.17. The van der Waals surface area contributed by atoms with Crippen molar-refractivity contribution >= 4 is 26.5 Å². The van der Waals surface area contributed by atoms with Crippen molar-refractivity contribution in [3.63, 3.8) is 0 Å². The van der Waals surface area contributed by atoms with E-state index in [2.05, 4.69) is 4.72 Å². The van der Waals surface area contributed by atoms with Gasteiger partial charge in [-0.05, 0) is 65.9 Å². The van der Waals surface area contributed by atoms with Gasteiger partial charge >= 0.3 is 0 Å². The first-order valence-corrected chi connectivity index (χ1v) is 11.3. The molecule has 0 aliphatic carbocycles. The number of ether oxygens (including phenoxy) is 1. The number of hydrogen-bond acceptors (Lipinski definition) is 4. The number of rotatable bonds is 5. The fraction of sp³-hybridized carbons (Fsp3) is 0.0833. The monoisotopic (exact) mass is 419 g/mol.